The second-order valence-corrected chi connectivity index (χ2v) is 10.5. The van der Waals surface area contributed by atoms with Crippen LogP contribution >= 0.6 is 11.6 Å². The van der Waals surface area contributed by atoms with Gasteiger partial charge in [-0.3, -0.25) is 4.90 Å². The number of rotatable bonds is 11. The third-order valence-electron chi connectivity index (χ3n) is 7.52. The minimum absolute atomic E-state index is 0.188. The average molecular weight is 581 g/mol. The minimum Gasteiger partial charge on any atom is -0.487 e. The van der Waals surface area contributed by atoms with E-state index in [9.17, 15) is 4.39 Å². The highest BCUT2D eigenvalue weighted by molar-refractivity contribution is 6.32. The van der Waals surface area contributed by atoms with Crippen LogP contribution in [0.3, 0.4) is 0 Å². The highest BCUT2D eigenvalue weighted by Crippen LogP contribution is 2.33. The Morgan fingerprint density at radius 3 is 2.51 bits per heavy atom. The van der Waals surface area contributed by atoms with Gasteiger partial charge in [0, 0.05) is 50.3 Å². The summed E-state index contributed by atoms with van der Waals surface area (Å²) >= 11 is 6.46. The summed E-state index contributed by atoms with van der Waals surface area (Å²) in [4.78, 5) is 15.7. The number of likely N-dealkylation sites (N-methyl/N-ethyl adjacent to an activating group) is 1. The zero-order valence-electron chi connectivity index (χ0n) is 23.4. The van der Waals surface area contributed by atoms with Gasteiger partial charge >= 0.3 is 0 Å². The molecule has 216 valence electrons. The number of hydrogen-bond acceptors (Lipinski definition) is 7. The first-order valence-corrected chi connectivity index (χ1v) is 14.4. The molecular formula is C31H35ClF2N6O. The normalized spacial score (nSPS) is 14.1. The summed E-state index contributed by atoms with van der Waals surface area (Å²) < 4.78 is 34.6. The van der Waals surface area contributed by atoms with Gasteiger partial charge in [0.1, 0.15) is 36.1 Å². The molecule has 5 rings (SSSR count). The summed E-state index contributed by atoms with van der Waals surface area (Å²) in [5, 5.41) is 4.19. The van der Waals surface area contributed by atoms with Crippen LogP contribution in [0.2, 0.25) is 5.02 Å². The Bertz CT molecular complexity index is 1480. The molecule has 2 heterocycles. The van der Waals surface area contributed by atoms with Gasteiger partial charge in [0.2, 0.25) is 0 Å². The summed E-state index contributed by atoms with van der Waals surface area (Å²) in [5.41, 5.74) is 2.59. The number of benzene rings is 3. The predicted molar refractivity (Wildman–Crippen MR) is 161 cm³/mol. The first-order valence-electron chi connectivity index (χ1n) is 14.0. The molecule has 0 atom stereocenters. The van der Waals surface area contributed by atoms with Crippen LogP contribution in [-0.2, 0) is 6.61 Å². The maximum absolute atomic E-state index is 15.4. The van der Waals surface area contributed by atoms with Crippen molar-refractivity contribution in [1.82, 2.24) is 19.8 Å². The molecule has 0 aliphatic carbocycles. The van der Waals surface area contributed by atoms with Gasteiger partial charge in [-0.05, 0) is 61.1 Å². The molecule has 0 spiro atoms. The van der Waals surface area contributed by atoms with Crippen molar-refractivity contribution in [3.05, 3.63) is 83.1 Å². The Morgan fingerprint density at radius 1 is 0.976 bits per heavy atom. The zero-order valence-corrected chi connectivity index (χ0v) is 24.2. The van der Waals surface area contributed by atoms with Crippen molar-refractivity contribution >= 4 is 39.7 Å². The number of halogens is 3. The molecule has 3 aromatic carbocycles. The van der Waals surface area contributed by atoms with Gasteiger partial charge < -0.3 is 19.9 Å². The van der Waals surface area contributed by atoms with Crippen molar-refractivity contribution in [3.8, 4) is 5.75 Å². The standard InChI is InChI=1S/C31H35ClF2N6O/c1-3-38(4-2)10-11-39-12-14-40(15-13-39)29-19-28-25(18-27(29)34)31(36-21-35-28)37-24-8-9-30(26(32)17-24)41-20-22-6-5-7-23(33)16-22/h5-9,16-19,21H,3-4,10-15,20H2,1-2H3,(H,35,36,37). The van der Waals surface area contributed by atoms with Gasteiger partial charge in [-0.15, -0.1) is 0 Å². The van der Waals surface area contributed by atoms with E-state index in [1.54, 1.807) is 36.4 Å². The fourth-order valence-electron chi connectivity index (χ4n) is 5.06. The summed E-state index contributed by atoms with van der Waals surface area (Å²) in [7, 11) is 0. The molecule has 7 nitrogen and oxygen atoms in total. The smallest absolute Gasteiger partial charge is 0.147 e. The quantitative estimate of drug-likeness (QED) is 0.222. The Labute approximate surface area is 244 Å². The molecule has 41 heavy (non-hydrogen) atoms. The number of piperazine rings is 1. The number of anilines is 3. The zero-order chi connectivity index (χ0) is 28.8. The fourth-order valence-corrected chi connectivity index (χ4v) is 5.30. The maximum Gasteiger partial charge on any atom is 0.147 e. The van der Waals surface area contributed by atoms with E-state index in [-0.39, 0.29) is 18.2 Å². The van der Waals surface area contributed by atoms with E-state index in [0.717, 1.165) is 52.4 Å². The lowest BCUT2D eigenvalue weighted by Gasteiger charge is -2.37. The van der Waals surface area contributed by atoms with Crippen LogP contribution in [0, 0.1) is 11.6 Å². The van der Waals surface area contributed by atoms with Crippen molar-refractivity contribution in [2.24, 2.45) is 0 Å². The summed E-state index contributed by atoms with van der Waals surface area (Å²) in [6.45, 7) is 12.1. The third kappa shape index (κ3) is 7.22. The third-order valence-corrected chi connectivity index (χ3v) is 7.82. The molecule has 1 saturated heterocycles. The summed E-state index contributed by atoms with van der Waals surface area (Å²) in [5.74, 6) is 0.330. The molecule has 1 aliphatic heterocycles. The van der Waals surface area contributed by atoms with E-state index in [0.29, 0.717) is 44.4 Å². The molecule has 1 aliphatic rings. The first-order chi connectivity index (χ1) is 19.9. The predicted octanol–water partition coefficient (Wildman–Crippen LogP) is 6.35. The van der Waals surface area contributed by atoms with E-state index in [1.165, 1.54) is 24.5 Å². The molecule has 4 aromatic rings. The van der Waals surface area contributed by atoms with Crippen LogP contribution < -0.4 is 15.0 Å². The maximum atomic E-state index is 15.4. The molecule has 1 fully saturated rings. The van der Waals surface area contributed by atoms with Crippen molar-refractivity contribution in [3.63, 3.8) is 0 Å². The van der Waals surface area contributed by atoms with E-state index < -0.39 is 0 Å². The molecule has 1 N–H and O–H groups in total. The fraction of sp³-hybridized carbons (Fsp3) is 0.355. The minimum atomic E-state index is -0.318. The van der Waals surface area contributed by atoms with Crippen LogP contribution in [0.4, 0.5) is 26.0 Å². The van der Waals surface area contributed by atoms with Gasteiger partial charge in [-0.1, -0.05) is 37.6 Å². The van der Waals surface area contributed by atoms with Crippen LogP contribution in [0.5, 0.6) is 5.75 Å². The van der Waals surface area contributed by atoms with Crippen molar-refractivity contribution in [2.45, 2.75) is 20.5 Å². The first kappa shape index (κ1) is 29.0. The van der Waals surface area contributed by atoms with Gasteiger partial charge in [0.25, 0.3) is 0 Å². The van der Waals surface area contributed by atoms with Crippen molar-refractivity contribution in [1.29, 1.82) is 0 Å². The van der Waals surface area contributed by atoms with Crippen molar-refractivity contribution < 1.29 is 13.5 Å². The number of ether oxygens (including phenoxy) is 1. The molecular weight excluding hydrogens is 546 g/mol. The molecule has 0 amide bonds. The molecule has 10 heteroatoms. The van der Waals surface area contributed by atoms with E-state index in [1.807, 2.05) is 0 Å². The largest absolute Gasteiger partial charge is 0.487 e. The van der Waals surface area contributed by atoms with E-state index in [4.69, 9.17) is 16.3 Å². The van der Waals surface area contributed by atoms with Crippen LogP contribution in [0.15, 0.2) is 60.9 Å². The summed E-state index contributed by atoms with van der Waals surface area (Å²) in [6.07, 6.45) is 1.47. The monoisotopic (exact) mass is 580 g/mol. The van der Waals surface area contributed by atoms with Gasteiger partial charge in [-0.25, -0.2) is 18.7 Å². The Morgan fingerprint density at radius 2 is 1.78 bits per heavy atom. The number of nitrogens with one attached hydrogen (secondary N) is 1. The Balaban J connectivity index is 1.25. The molecule has 0 saturated carbocycles. The average Bonchev–Trinajstić information content (AvgIpc) is 2.98. The second kappa shape index (κ2) is 13.4. The number of aromatic nitrogens is 2. The van der Waals surface area contributed by atoms with Gasteiger partial charge in [0.05, 0.1) is 16.2 Å². The van der Waals surface area contributed by atoms with Crippen LogP contribution in [-0.4, -0.2) is 72.1 Å². The lowest BCUT2D eigenvalue weighted by Crippen LogP contribution is -2.48. The number of fused-ring (bicyclic) bond motifs is 1. The lowest BCUT2D eigenvalue weighted by molar-refractivity contribution is 0.205. The Hall–Kier alpha value is -3.53. The van der Waals surface area contributed by atoms with Crippen LogP contribution in [0.1, 0.15) is 19.4 Å². The van der Waals surface area contributed by atoms with Gasteiger partial charge in [-0.2, -0.15) is 0 Å². The molecule has 0 radical (unpaired) electrons. The topological polar surface area (TPSA) is 56.8 Å². The van der Waals surface area contributed by atoms with Gasteiger partial charge in [0.15, 0.2) is 0 Å². The second-order valence-electron chi connectivity index (χ2n) is 10.1. The summed E-state index contributed by atoms with van der Waals surface area (Å²) in [6, 6.07) is 14.8. The molecule has 0 unspecified atom stereocenters. The SMILES string of the molecule is CCN(CC)CCN1CCN(c2cc3ncnc(Nc4ccc(OCc5cccc(F)c5)c(Cl)c4)c3cc2F)CC1. The Kier molecular flexibility index (Phi) is 9.49. The van der Waals surface area contributed by atoms with Crippen molar-refractivity contribution in [2.75, 3.05) is 62.6 Å². The van der Waals surface area contributed by atoms with E-state index in [2.05, 4.69) is 43.8 Å². The number of nitrogens with zero attached hydrogens (tertiary/aromatic N) is 5. The lowest BCUT2D eigenvalue weighted by atomic mass is 10.1. The van der Waals surface area contributed by atoms with E-state index >= 15 is 4.39 Å². The van der Waals surface area contributed by atoms with Crippen LogP contribution in [0.25, 0.3) is 10.9 Å². The molecule has 0 bridgehead atoms. The number of hydrogen-bond donors (Lipinski definition) is 1. The highest BCUT2D eigenvalue weighted by Gasteiger charge is 2.21. The highest BCUT2D eigenvalue weighted by atomic mass is 35.5. The molecule has 1 aromatic heterocycles.